The molecule has 170 valence electrons. The van der Waals surface area contributed by atoms with Crippen LogP contribution in [-0.2, 0) is 9.59 Å². The molecule has 3 N–H and O–H groups in total. The quantitative estimate of drug-likeness (QED) is 0.474. The number of rotatable bonds is 8. The zero-order chi connectivity index (χ0) is 23.8. The van der Waals surface area contributed by atoms with E-state index in [0.29, 0.717) is 22.0 Å². The van der Waals surface area contributed by atoms with E-state index >= 15 is 0 Å². The Bertz CT molecular complexity index is 1190. The second kappa shape index (κ2) is 11.1. The average molecular weight is 467 g/mol. The third-order valence-electron chi connectivity index (χ3n) is 4.72. The molecule has 0 radical (unpaired) electrons. The third-order valence-corrected chi connectivity index (χ3v) is 4.97. The molecule has 1 aromatic heterocycles. The zero-order valence-corrected chi connectivity index (χ0v) is 18.6. The monoisotopic (exact) mass is 466 g/mol. The van der Waals surface area contributed by atoms with Crippen LogP contribution in [0, 0.1) is 0 Å². The van der Waals surface area contributed by atoms with Gasteiger partial charge in [0.05, 0.1) is 6.04 Å². The van der Waals surface area contributed by atoms with Crippen LogP contribution in [0.1, 0.15) is 23.7 Å². The molecule has 3 aromatic rings. The summed E-state index contributed by atoms with van der Waals surface area (Å²) in [6.45, 7) is 1.45. The Balaban J connectivity index is 1.67. The van der Waals surface area contributed by atoms with E-state index in [1.165, 1.54) is 17.6 Å². The molecule has 9 heteroatoms. The van der Waals surface area contributed by atoms with E-state index in [1.54, 1.807) is 66.9 Å². The van der Waals surface area contributed by atoms with Crippen molar-refractivity contribution in [2.24, 2.45) is 0 Å². The maximum Gasteiger partial charge on any atom is 0.255 e. The van der Waals surface area contributed by atoms with Gasteiger partial charge < -0.3 is 16.0 Å². The highest BCUT2D eigenvalue weighted by molar-refractivity contribution is 6.30. The lowest BCUT2D eigenvalue weighted by atomic mass is 10.1. The van der Waals surface area contributed by atoms with Gasteiger partial charge in [-0.3, -0.25) is 23.7 Å². The number of halogens is 1. The zero-order valence-electron chi connectivity index (χ0n) is 17.9. The SMILES string of the molecule is CC(=O)NCC(CC(=O)Nc1ccc(Cl)cc1)NC(=O)c1ccc(-n2ccccc2=O)cc1. The van der Waals surface area contributed by atoms with Gasteiger partial charge in [-0.1, -0.05) is 17.7 Å². The summed E-state index contributed by atoms with van der Waals surface area (Å²) in [6.07, 6.45) is 1.59. The molecular weight excluding hydrogens is 444 g/mol. The van der Waals surface area contributed by atoms with Crippen molar-refractivity contribution in [3.05, 3.63) is 93.9 Å². The lowest BCUT2D eigenvalue weighted by molar-refractivity contribution is -0.120. The number of nitrogens with zero attached hydrogens (tertiary/aromatic N) is 1. The molecule has 2 aromatic carbocycles. The molecule has 3 rings (SSSR count). The Labute approximate surface area is 195 Å². The van der Waals surface area contributed by atoms with Gasteiger partial charge in [-0.15, -0.1) is 0 Å². The molecular formula is C24H23ClN4O4. The molecule has 1 unspecified atom stereocenters. The van der Waals surface area contributed by atoms with Crippen molar-refractivity contribution in [3.63, 3.8) is 0 Å². The first-order chi connectivity index (χ1) is 15.8. The third kappa shape index (κ3) is 7.05. The van der Waals surface area contributed by atoms with Crippen LogP contribution in [0.4, 0.5) is 5.69 Å². The van der Waals surface area contributed by atoms with E-state index in [1.807, 2.05) is 0 Å². The van der Waals surface area contributed by atoms with Crippen molar-refractivity contribution in [2.75, 3.05) is 11.9 Å². The molecule has 1 heterocycles. The van der Waals surface area contributed by atoms with Crippen LogP contribution < -0.4 is 21.5 Å². The summed E-state index contributed by atoms with van der Waals surface area (Å²) in [7, 11) is 0. The number of hydrogen-bond donors (Lipinski definition) is 3. The second-order valence-corrected chi connectivity index (χ2v) is 7.76. The Kier molecular flexibility index (Phi) is 7.99. The first-order valence-corrected chi connectivity index (χ1v) is 10.6. The number of anilines is 1. The molecule has 0 bridgehead atoms. The van der Waals surface area contributed by atoms with Crippen LogP contribution in [0.15, 0.2) is 77.7 Å². The van der Waals surface area contributed by atoms with Gasteiger partial charge in [0, 0.05) is 54.1 Å². The molecule has 8 nitrogen and oxygen atoms in total. The molecule has 0 aliphatic carbocycles. The normalized spacial score (nSPS) is 11.3. The smallest absolute Gasteiger partial charge is 0.255 e. The Morgan fingerprint density at radius 1 is 0.970 bits per heavy atom. The average Bonchev–Trinajstić information content (AvgIpc) is 2.79. The molecule has 0 aliphatic rings. The van der Waals surface area contributed by atoms with Crippen LogP contribution in [0.3, 0.4) is 0 Å². The minimum atomic E-state index is -0.634. The van der Waals surface area contributed by atoms with Gasteiger partial charge in [0.2, 0.25) is 11.8 Å². The summed E-state index contributed by atoms with van der Waals surface area (Å²) in [5, 5.41) is 8.69. The molecule has 3 amide bonds. The summed E-state index contributed by atoms with van der Waals surface area (Å²) < 4.78 is 1.46. The molecule has 0 saturated carbocycles. The van der Waals surface area contributed by atoms with Crippen LogP contribution in [0.25, 0.3) is 5.69 Å². The van der Waals surface area contributed by atoms with E-state index in [2.05, 4.69) is 16.0 Å². The molecule has 0 fully saturated rings. The summed E-state index contributed by atoms with van der Waals surface area (Å²) in [4.78, 5) is 48.5. The number of nitrogens with one attached hydrogen (secondary N) is 3. The first kappa shape index (κ1) is 23.7. The molecule has 0 saturated heterocycles. The van der Waals surface area contributed by atoms with Gasteiger partial charge in [-0.25, -0.2) is 0 Å². The number of benzene rings is 2. The lowest BCUT2D eigenvalue weighted by Crippen LogP contribution is -2.45. The Morgan fingerprint density at radius 3 is 2.30 bits per heavy atom. The van der Waals surface area contributed by atoms with Crippen LogP contribution >= 0.6 is 11.6 Å². The van der Waals surface area contributed by atoms with Gasteiger partial charge >= 0.3 is 0 Å². The lowest BCUT2D eigenvalue weighted by Gasteiger charge is -2.19. The highest BCUT2D eigenvalue weighted by atomic mass is 35.5. The number of hydrogen-bond acceptors (Lipinski definition) is 4. The fourth-order valence-electron chi connectivity index (χ4n) is 3.09. The van der Waals surface area contributed by atoms with E-state index in [0.717, 1.165) is 0 Å². The summed E-state index contributed by atoms with van der Waals surface area (Å²) >= 11 is 5.85. The first-order valence-electron chi connectivity index (χ1n) is 10.2. The Morgan fingerprint density at radius 2 is 1.67 bits per heavy atom. The maximum absolute atomic E-state index is 12.8. The van der Waals surface area contributed by atoms with Gasteiger partial charge in [-0.2, -0.15) is 0 Å². The highest BCUT2D eigenvalue weighted by Gasteiger charge is 2.18. The maximum atomic E-state index is 12.8. The van der Waals surface area contributed by atoms with Crippen molar-refractivity contribution in [3.8, 4) is 5.69 Å². The number of amides is 3. The fraction of sp³-hybridized carbons (Fsp3) is 0.167. The van der Waals surface area contributed by atoms with Gasteiger partial charge in [0.25, 0.3) is 11.5 Å². The summed E-state index contributed by atoms with van der Waals surface area (Å²) in [5.41, 5.74) is 1.36. The van der Waals surface area contributed by atoms with Gasteiger partial charge in [0.15, 0.2) is 0 Å². The molecule has 0 spiro atoms. The summed E-state index contributed by atoms with van der Waals surface area (Å²) in [5.74, 6) is -1.01. The van der Waals surface area contributed by atoms with E-state index in [-0.39, 0.29) is 30.3 Å². The topological polar surface area (TPSA) is 109 Å². The molecule has 1 atom stereocenters. The Hall–Kier alpha value is -3.91. The highest BCUT2D eigenvalue weighted by Crippen LogP contribution is 2.14. The van der Waals surface area contributed by atoms with Gasteiger partial charge in [-0.05, 0) is 54.6 Å². The molecule has 33 heavy (non-hydrogen) atoms. The number of aromatic nitrogens is 1. The van der Waals surface area contributed by atoms with Crippen molar-refractivity contribution in [1.82, 2.24) is 15.2 Å². The number of pyridine rings is 1. The summed E-state index contributed by atoms with van der Waals surface area (Å²) in [6, 6.07) is 17.3. The predicted octanol–water partition coefficient (Wildman–Crippen LogP) is 2.75. The van der Waals surface area contributed by atoms with Crippen molar-refractivity contribution < 1.29 is 14.4 Å². The predicted molar refractivity (Wildman–Crippen MR) is 127 cm³/mol. The largest absolute Gasteiger partial charge is 0.354 e. The van der Waals surface area contributed by atoms with E-state index in [9.17, 15) is 19.2 Å². The van der Waals surface area contributed by atoms with Crippen molar-refractivity contribution in [1.29, 1.82) is 0 Å². The van der Waals surface area contributed by atoms with Crippen molar-refractivity contribution in [2.45, 2.75) is 19.4 Å². The van der Waals surface area contributed by atoms with Crippen LogP contribution in [-0.4, -0.2) is 34.9 Å². The van der Waals surface area contributed by atoms with Crippen molar-refractivity contribution >= 4 is 35.0 Å². The van der Waals surface area contributed by atoms with E-state index in [4.69, 9.17) is 11.6 Å². The van der Waals surface area contributed by atoms with Crippen LogP contribution in [0.2, 0.25) is 5.02 Å². The van der Waals surface area contributed by atoms with E-state index < -0.39 is 11.9 Å². The molecule has 0 aliphatic heterocycles. The fourth-order valence-corrected chi connectivity index (χ4v) is 3.22. The minimum absolute atomic E-state index is 0.0495. The number of carbonyl (C=O) groups excluding carboxylic acids is 3. The van der Waals surface area contributed by atoms with Crippen LogP contribution in [0.5, 0.6) is 0 Å². The second-order valence-electron chi connectivity index (χ2n) is 7.32. The van der Waals surface area contributed by atoms with Gasteiger partial charge in [0.1, 0.15) is 0 Å². The minimum Gasteiger partial charge on any atom is -0.354 e. The number of carbonyl (C=O) groups is 3. The standard InChI is InChI=1S/C24H23ClN4O4/c1-16(30)26-15-20(14-22(31)27-19-9-7-18(25)8-10-19)28-24(33)17-5-11-21(12-6-17)29-13-3-2-4-23(29)32/h2-13,20H,14-15H2,1H3,(H,26,30)(H,27,31)(H,28,33).